The van der Waals surface area contributed by atoms with Gasteiger partial charge >= 0.3 is 0 Å². The van der Waals surface area contributed by atoms with Crippen molar-refractivity contribution in [1.29, 1.82) is 0 Å². The van der Waals surface area contributed by atoms with Crippen LogP contribution in [0.2, 0.25) is 0 Å². The van der Waals surface area contributed by atoms with Crippen molar-refractivity contribution < 1.29 is 9.59 Å². The molecule has 2 amide bonds. The van der Waals surface area contributed by atoms with Crippen LogP contribution in [0.5, 0.6) is 0 Å². The molecule has 0 aromatic heterocycles. The summed E-state index contributed by atoms with van der Waals surface area (Å²) < 4.78 is 0. The fourth-order valence-corrected chi connectivity index (χ4v) is 4.33. The first-order chi connectivity index (χ1) is 11.5. The number of carbonyl (C=O) groups is 2. The summed E-state index contributed by atoms with van der Waals surface area (Å²) in [6, 6.07) is 5.78. The lowest BCUT2D eigenvalue weighted by atomic mass is 9.65. The van der Waals surface area contributed by atoms with Crippen molar-refractivity contribution in [3.05, 3.63) is 29.3 Å². The number of carbonyl (C=O) groups excluding carboxylic acids is 2. The number of hydrogen-bond donors (Lipinski definition) is 3. The van der Waals surface area contributed by atoms with E-state index in [1.54, 1.807) is 13.1 Å². The van der Waals surface area contributed by atoms with Crippen LogP contribution in [0.1, 0.15) is 48.0 Å². The van der Waals surface area contributed by atoms with Crippen LogP contribution in [0.15, 0.2) is 18.2 Å². The van der Waals surface area contributed by atoms with Crippen molar-refractivity contribution in [2.45, 2.75) is 45.1 Å². The summed E-state index contributed by atoms with van der Waals surface area (Å²) in [6.07, 6.45) is 5.23. The van der Waals surface area contributed by atoms with Gasteiger partial charge < -0.3 is 16.4 Å². The Morgan fingerprint density at radius 3 is 2.46 bits per heavy atom. The van der Waals surface area contributed by atoms with Gasteiger partial charge in [0.15, 0.2) is 0 Å². The molecule has 2 aliphatic rings. The molecule has 130 valence electrons. The molecule has 4 N–H and O–H groups in total. The highest BCUT2D eigenvalue weighted by Crippen LogP contribution is 2.42. The van der Waals surface area contributed by atoms with Gasteiger partial charge in [0.05, 0.1) is 11.3 Å². The van der Waals surface area contributed by atoms with Gasteiger partial charge in [0.25, 0.3) is 5.91 Å². The van der Waals surface area contributed by atoms with E-state index in [0.717, 1.165) is 31.2 Å². The Labute approximate surface area is 143 Å². The van der Waals surface area contributed by atoms with Crippen molar-refractivity contribution in [1.82, 2.24) is 5.32 Å². The summed E-state index contributed by atoms with van der Waals surface area (Å²) in [5, 5.41) is 5.62. The normalized spacial score (nSPS) is 29.0. The predicted molar refractivity (Wildman–Crippen MR) is 94.7 cm³/mol. The van der Waals surface area contributed by atoms with E-state index in [2.05, 4.69) is 10.6 Å². The molecule has 1 aromatic rings. The Balaban J connectivity index is 1.75. The summed E-state index contributed by atoms with van der Waals surface area (Å²) in [5.74, 6) is 0.762. The molecule has 0 heterocycles. The maximum absolute atomic E-state index is 12.8. The maximum Gasteiger partial charge on any atom is 0.253 e. The van der Waals surface area contributed by atoms with Gasteiger partial charge in [-0.1, -0.05) is 18.1 Å². The van der Waals surface area contributed by atoms with Gasteiger partial charge in [-0.2, -0.15) is 0 Å². The molecule has 2 atom stereocenters. The Kier molecular flexibility index (Phi) is 4.90. The second-order valence-electron chi connectivity index (χ2n) is 7.31. The molecule has 24 heavy (non-hydrogen) atoms. The highest BCUT2D eigenvalue weighted by Gasteiger charge is 2.40. The number of anilines is 1. The summed E-state index contributed by atoms with van der Waals surface area (Å²) in [6.45, 7) is 1.93. The minimum atomic E-state index is -0.184. The molecule has 2 aliphatic carbocycles. The van der Waals surface area contributed by atoms with E-state index in [1.165, 1.54) is 6.42 Å². The summed E-state index contributed by atoms with van der Waals surface area (Å²) >= 11 is 0. The number of fused-ring (bicyclic) bond motifs is 2. The quantitative estimate of drug-likeness (QED) is 0.796. The lowest BCUT2D eigenvalue weighted by Crippen LogP contribution is -2.48. The number of nitrogens with one attached hydrogen (secondary N) is 2. The molecule has 1 aromatic carbocycles. The summed E-state index contributed by atoms with van der Waals surface area (Å²) in [5.41, 5.74) is 8.40. The molecular formula is C19H27N3O2. The summed E-state index contributed by atoms with van der Waals surface area (Å²) in [7, 11) is 1.60. The first-order valence-corrected chi connectivity index (χ1v) is 8.88. The number of rotatable bonds is 3. The van der Waals surface area contributed by atoms with E-state index >= 15 is 0 Å². The van der Waals surface area contributed by atoms with Crippen LogP contribution in [0.3, 0.4) is 0 Å². The predicted octanol–water partition coefficient (Wildman–Crippen LogP) is 2.45. The van der Waals surface area contributed by atoms with Crippen molar-refractivity contribution in [3.8, 4) is 0 Å². The van der Waals surface area contributed by atoms with Gasteiger partial charge in [-0.3, -0.25) is 9.59 Å². The van der Waals surface area contributed by atoms with Crippen molar-refractivity contribution >= 4 is 17.5 Å². The van der Waals surface area contributed by atoms with Gasteiger partial charge in [-0.25, -0.2) is 0 Å². The highest BCUT2D eigenvalue weighted by molar-refractivity contribution is 6.04. The number of amides is 2. The third-order valence-electron chi connectivity index (χ3n) is 5.69. The second-order valence-corrected chi connectivity index (χ2v) is 7.31. The Morgan fingerprint density at radius 2 is 1.83 bits per heavy atom. The molecule has 0 spiro atoms. The smallest absolute Gasteiger partial charge is 0.253 e. The first-order valence-electron chi connectivity index (χ1n) is 8.88. The van der Waals surface area contributed by atoms with Crippen LogP contribution in [0, 0.1) is 24.7 Å². The number of benzene rings is 1. The van der Waals surface area contributed by atoms with Crippen LogP contribution in [-0.4, -0.2) is 24.9 Å². The molecule has 2 saturated carbocycles. The fraction of sp³-hybridized carbons (Fsp3) is 0.579. The van der Waals surface area contributed by atoms with Crippen molar-refractivity contribution in [2.75, 3.05) is 12.4 Å². The SMILES string of the molecule is CNC(=O)c1cc(C)ccc1NC(=O)C1CC2CCCC(C1)C2N. The summed E-state index contributed by atoms with van der Waals surface area (Å²) in [4.78, 5) is 24.8. The second kappa shape index (κ2) is 6.93. The number of hydrogen-bond acceptors (Lipinski definition) is 3. The van der Waals surface area contributed by atoms with Gasteiger partial charge in [-0.05, 0) is 56.6 Å². The average Bonchev–Trinajstić information content (AvgIpc) is 2.55. The molecular weight excluding hydrogens is 302 g/mol. The first kappa shape index (κ1) is 17.0. The molecule has 5 nitrogen and oxygen atoms in total. The third kappa shape index (κ3) is 3.31. The molecule has 2 fully saturated rings. The largest absolute Gasteiger partial charge is 0.355 e. The molecule has 2 bridgehead atoms. The molecule has 0 radical (unpaired) electrons. The van der Waals surface area contributed by atoms with Crippen LogP contribution in [0.4, 0.5) is 5.69 Å². The minimum absolute atomic E-state index is 0.000981. The molecule has 3 rings (SSSR count). The topological polar surface area (TPSA) is 84.2 Å². The van der Waals surface area contributed by atoms with Crippen molar-refractivity contribution in [3.63, 3.8) is 0 Å². The van der Waals surface area contributed by atoms with E-state index in [-0.39, 0.29) is 23.8 Å². The standard InChI is InChI=1S/C19H27N3O2/c1-11-6-7-16(15(8-11)19(24)21-2)22-18(23)14-9-12-4-3-5-13(10-14)17(12)20/h6-8,12-14,17H,3-5,9-10,20H2,1-2H3,(H,21,24)(H,22,23). The van der Waals surface area contributed by atoms with Gasteiger partial charge in [0.1, 0.15) is 0 Å². The van der Waals surface area contributed by atoms with Crippen molar-refractivity contribution in [2.24, 2.45) is 23.5 Å². The van der Waals surface area contributed by atoms with Gasteiger partial charge in [0, 0.05) is 19.0 Å². The zero-order valence-corrected chi connectivity index (χ0v) is 14.5. The molecule has 5 heteroatoms. The zero-order chi connectivity index (χ0) is 17.3. The lowest BCUT2D eigenvalue weighted by molar-refractivity contribution is -0.122. The number of aryl methyl sites for hydroxylation is 1. The highest BCUT2D eigenvalue weighted by atomic mass is 16.2. The van der Waals surface area contributed by atoms with Gasteiger partial charge in [-0.15, -0.1) is 0 Å². The van der Waals surface area contributed by atoms with Crippen LogP contribution in [0.25, 0.3) is 0 Å². The monoisotopic (exact) mass is 329 g/mol. The van der Waals surface area contributed by atoms with Crippen LogP contribution < -0.4 is 16.4 Å². The van der Waals surface area contributed by atoms with Crippen LogP contribution in [-0.2, 0) is 4.79 Å². The van der Waals surface area contributed by atoms with E-state index in [4.69, 9.17) is 5.73 Å². The Hall–Kier alpha value is -1.88. The van der Waals surface area contributed by atoms with E-state index in [0.29, 0.717) is 23.1 Å². The Bertz CT molecular complexity index is 629. The molecule has 2 unspecified atom stereocenters. The molecule has 0 aliphatic heterocycles. The lowest BCUT2D eigenvalue weighted by Gasteiger charge is -2.43. The van der Waals surface area contributed by atoms with Crippen LogP contribution >= 0.6 is 0 Å². The maximum atomic E-state index is 12.8. The number of nitrogens with two attached hydrogens (primary N) is 1. The third-order valence-corrected chi connectivity index (χ3v) is 5.69. The minimum Gasteiger partial charge on any atom is -0.355 e. The fourth-order valence-electron chi connectivity index (χ4n) is 4.33. The Morgan fingerprint density at radius 1 is 1.17 bits per heavy atom. The average molecular weight is 329 g/mol. The zero-order valence-electron chi connectivity index (χ0n) is 14.5. The molecule has 0 saturated heterocycles. The van der Waals surface area contributed by atoms with E-state index in [1.807, 2.05) is 19.1 Å². The van der Waals surface area contributed by atoms with E-state index in [9.17, 15) is 9.59 Å². The van der Waals surface area contributed by atoms with E-state index < -0.39 is 0 Å². The van der Waals surface area contributed by atoms with Gasteiger partial charge in [0.2, 0.25) is 5.91 Å².